The molecule has 1 aromatic heterocycles. The van der Waals surface area contributed by atoms with E-state index in [0.717, 1.165) is 12.8 Å². The van der Waals surface area contributed by atoms with Crippen molar-refractivity contribution >= 4 is 15.7 Å². The van der Waals surface area contributed by atoms with Crippen LogP contribution in [-0.2, 0) is 16.6 Å². The quantitative estimate of drug-likeness (QED) is 0.857. The molecule has 1 aliphatic carbocycles. The number of nitrogen functional groups attached to an aromatic ring is 1. The average molecular weight is 292 g/mol. The normalized spacial score (nSPS) is 15.7. The Labute approximate surface area is 118 Å². The molecule has 6 heteroatoms. The summed E-state index contributed by atoms with van der Waals surface area (Å²) in [6, 6.07) is 10.1. The fraction of sp³-hybridized carbons (Fsp3) is 0.286. The Kier molecular flexibility index (Phi) is 3.27. The topological polar surface area (TPSA) is 76.5 Å². The monoisotopic (exact) mass is 292 g/mol. The Bertz CT molecular complexity index is 691. The highest BCUT2D eigenvalue weighted by Gasteiger charge is 2.39. The number of hydrogen-bond acceptors (Lipinski definition) is 4. The van der Waals surface area contributed by atoms with Crippen LogP contribution in [0.2, 0.25) is 0 Å². The van der Waals surface area contributed by atoms with Gasteiger partial charge in [0.1, 0.15) is 10.7 Å². The van der Waals surface area contributed by atoms with Gasteiger partial charge in [-0.3, -0.25) is 0 Å². The van der Waals surface area contributed by atoms with Crippen LogP contribution >= 0.6 is 0 Å². The SMILES string of the molecule is Nc1ccccc1S(=O)(=O)N(Cc1ccco1)C1CC1. The minimum Gasteiger partial charge on any atom is -0.468 e. The Hall–Kier alpha value is -1.79. The Morgan fingerprint density at radius 2 is 1.95 bits per heavy atom. The first kappa shape index (κ1) is 13.2. The second kappa shape index (κ2) is 4.96. The molecule has 0 radical (unpaired) electrons. The van der Waals surface area contributed by atoms with Gasteiger partial charge in [-0.25, -0.2) is 8.42 Å². The number of para-hydroxylation sites is 1. The molecule has 1 heterocycles. The van der Waals surface area contributed by atoms with E-state index >= 15 is 0 Å². The second-order valence-corrected chi connectivity index (χ2v) is 6.76. The van der Waals surface area contributed by atoms with E-state index in [-0.39, 0.29) is 23.2 Å². The zero-order chi connectivity index (χ0) is 14.2. The van der Waals surface area contributed by atoms with Crippen molar-refractivity contribution in [3.05, 3.63) is 48.4 Å². The highest BCUT2D eigenvalue weighted by Crippen LogP contribution is 2.34. The molecule has 0 aliphatic heterocycles. The molecule has 2 aromatic rings. The molecular formula is C14H16N2O3S. The molecule has 2 N–H and O–H groups in total. The van der Waals surface area contributed by atoms with Gasteiger partial charge in [-0.05, 0) is 37.1 Å². The van der Waals surface area contributed by atoms with Crippen LogP contribution in [0.5, 0.6) is 0 Å². The summed E-state index contributed by atoms with van der Waals surface area (Å²) in [5, 5.41) is 0. The van der Waals surface area contributed by atoms with Crippen molar-refractivity contribution in [2.45, 2.75) is 30.3 Å². The molecule has 0 saturated heterocycles. The van der Waals surface area contributed by atoms with Crippen molar-refractivity contribution < 1.29 is 12.8 Å². The molecule has 0 unspecified atom stereocenters. The van der Waals surface area contributed by atoms with Crippen molar-refractivity contribution in [1.82, 2.24) is 4.31 Å². The van der Waals surface area contributed by atoms with E-state index in [0.29, 0.717) is 5.76 Å². The summed E-state index contributed by atoms with van der Waals surface area (Å²) >= 11 is 0. The minimum absolute atomic E-state index is 0.0460. The lowest BCUT2D eigenvalue weighted by Crippen LogP contribution is -2.33. The summed E-state index contributed by atoms with van der Waals surface area (Å²) in [7, 11) is -3.60. The van der Waals surface area contributed by atoms with Crippen LogP contribution in [0.25, 0.3) is 0 Å². The highest BCUT2D eigenvalue weighted by atomic mass is 32.2. The third-order valence-corrected chi connectivity index (χ3v) is 5.32. The largest absolute Gasteiger partial charge is 0.468 e. The Morgan fingerprint density at radius 3 is 2.55 bits per heavy atom. The molecule has 1 aliphatic rings. The molecule has 0 bridgehead atoms. The van der Waals surface area contributed by atoms with Crippen LogP contribution in [0, 0.1) is 0 Å². The van der Waals surface area contributed by atoms with Crippen molar-refractivity contribution in [3.8, 4) is 0 Å². The van der Waals surface area contributed by atoms with Gasteiger partial charge in [0.05, 0.1) is 18.5 Å². The Balaban J connectivity index is 1.96. The minimum atomic E-state index is -3.60. The van der Waals surface area contributed by atoms with E-state index in [4.69, 9.17) is 10.2 Å². The number of hydrogen-bond donors (Lipinski definition) is 1. The average Bonchev–Trinajstić information content (AvgIpc) is 3.12. The number of sulfonamides is 1. The molecule has 20 heavy (non-hydrogen) atoms. The van der Waals surface area contributed by atoms with Gasteiger partial charge in [0.25, 0.3) is 0 Å². The predicted molar refractivity (Wildman–Crippen MR) is 75.3 cm³/mol. The van der Waals surface area contributed by atoms with E-state index in [9.17, 15) is 8.42 Å². The van der Waals surface area contributed by atoms with Gasteiger partial charge in [0.2, 0.25) is 10.0 Å². The van der Waals surface area contributed by atoms with Crippen molar-refractivity contribution in [3.63, 3.8) is 0 Å². The molecular weight excluding hydrogens is 276 g/mol. The number of benzene rings is 1. The van der Waals surface area contributed by atoms with Gasteiger partial charge >= 0.3 is 0 Å². The van der Waals surface area contributed by atoms with E-state index < -0.39 is 10.0 Å². The van der Waals surface area contributed by atoms with Gasteiger partial charge in [-0.1, -0.05) is 12.1 Å². The number of nitrogens with zero attached hydrogens (tertiary/aromatic N) is 1. The van der Waals surface area contributed by atoms with Gasteiger partial charge < -0.3 is 10.2 Å². The lowest BCUT2D eigenvalue weighted by molar-refractivity contribution is 0.357. The lowest BCUT2D eigenvalue weighted by Gasteiger charge is -2.21. The molecule has 0 amide bonds. The fourth-order valence-electron chi connectivity index (χ4n) is 2.17. The smallest absolute Gasteiger partial charge is 0.245 e. The van der Waals surface area contributed by atoms with Crippen LogP contribution < -0.4 is 5.73 Å². The summed E-state index contributed by atoms with van der Waals surface area (Å²) in [5.74, 6) is 0.634. The van der Waals surface area contributed by atoms with Crippen LogP contribution in [0.15, 0.2) is 52.0 Å². The van der Waals surface area contributed by atoms with Crippen molar-refractivity contribution in [2.24, 2.45) is 0 Å². The fourth-order valence-corrected chi connectivity index (χ4v) is 3.94. The molecule has 1 fully saturated rings. The first-order valence-electron chi connectivity index (χ1n) is 6.48. The summed E-state index contributed by atoms with van der Waals surface area (Å²) < 4.78 is 32.3. The van der Waals surface area contributed by atoms with Crippen LogP contribution in [0.1, 0.15) is 18.6 Å². The molecule has 1 saturated carbocycles. The number of anilines is 1. The molecule has 5 nitrogen and oxygen atoms in total. The van der Waals surface area contributed by atoms with Gasteiger partial charge in [0.15, 0.2) is 0 Å². The zero-order valence-electron chi connectivity index (χ0n) is 10.9. The van der Waals surface area contributed by atoms with Crippen LogP contribution in [0.4, 0.5) is 5.69 Å². The summed E-state index contributed by atoms with van der Waals surface area (Å²) in [6.07, 6.45) is 3.31. The maximum Gasteiger partial charge on any atom is 0.245 e. The summed E-state index contributed by atoms with van der Waals surface area (Å²) in [4.78, 5) is 0.165. The predicted octanol–water partition coefficient (Wildman–Crippen LogP) is 2.22. The molecule has 0 spiro atoms. The standard InChI is InChI=1S/C14H16N2O3S/c15-13-5-1-2-6-14(13)20(17,18)16(11-7-8-11)10-12-4-3-9-19-12/h1-6,9,11H,7-8,10,15H2. The third kappa shape index (κ3) is 2.44. The first-order chi connectivity index (χ1) is 9.59. The van der Waals surface area contributed by atoms with E-state index in [2.05, 4.69) is 0 Å². The molecule has 106 valence electrons. The maximum atomic E-state index is 12.8. The van der Waals surface area contributed by atoms with Gasteiger partial charge in [-0.15, -0.1) is 0 Å². The maximum absolute atomic E-state index is 12.8. The second-order valence-electron chi connectivity index (χ2n) is 4.90. The Morgan fingerprint density at radius 1 is 1.20 bits per heavy atom. The van der Waals surface area contributed by atoms with E-state index in [1.807, 2.05) is 0 Å². The highest BCUT2D eigenvalue weighted by molar-refractivity contribution is 7.89. The number of rotatable bonds is 5. The van der Waals surface area contributed by atoms with Crippen LogP contribution in [-0.4, -0.2) is 18.8 Å². The molecule has 3 rings (SSSR count). The third-order valence-electron chi connectivity index (χ3n) is 3.35. The number of furan rings is 1. The summed E-state index contributed by atoms with van der Waals surface area (Å²) in [6.45, 7) is 0.244. The lowest BCUT2D eigenvalue weighted by atomic mass is 10.3. The molecule has 1 aromatic carbocycles. The number of nitrogens with two attached hydrogens (primary N) is 1. The van der Waals surface area contributed by atoms with Gasteiger partial charge in [0, 0.05) is 6.04 Å². The van der Waals surface area contributed by atoms with Crippen molar-refractivity contribution in [2.75, 3.05) is 5.73 Å². The van der Waals surface area contributed by atoms with E-state index in [1.54, 1.807) is 42.7 Å². The molecule has 0 atom stereocenters. The zero-order valence-corrected chi connectivity index (χ0v) is 11.7. The van der Waals surface area contributed by atoms with Crippen molar-refractivity contribution in [1.29, 1.82) is 0 Å². The van der Waals surface area contributed by atoms with Gasteiger partial charge in [-0.2, -0.15) is 4.31 Å². The van der Waals surface area contributed by atoms with E-state index in [1.165, 1.54) is 4.31 Å². The first-order valence-corrected chi connectivity index (χ1v) is 7.92. The van der Waals surface area contributed by atoms with Crippen LogP contribution in [0.3, 0.4) is 0 Å². The summed E-state index contributed by atoms with van der Waals surface area (Å²) in [5.41, 5.74) is 6.08.